The maximum absolute atomic E-state index is 10.5. The molecule has 12 nitrogen and oxygen atoms in total. The topological polar surface area (TPSA) is 240 Å². The number of hydrogen-bond acceptors (Lipinski definition) is 12. The first-order chi connectivity index (χ1) is 11.1. The second kappa shape index (κ2) is 18.9. The Bertz CT molecular complexity index is 325. The van der Waals surface area contributed by atoms with Crippen molar-refractivity contribution in [3.05, 3.63) is 0 Å². The van der Waals surface area contributed by atoms with Gasteiger partial charge in [0.25, 0.3) is 0 Å². The molecule has 0 aromatic rings. The molecular formula is C12H26ClNaO12. The van der Waals surface area contributed by atoms with Crippen LogP contribution < -0.4 is 42.0 Å². The molecule has 0 aliphatic carbocycles. The third kappa shape index (κ3) is 12.8. The number of aliphatic hydroxyl groups excluding tert-OH is 11. The molecule has 0 unspecified atom stereocenters. The fourth-order valence-corrected chi connectivity index (χ4v) is 1.27. The monoisotopic (exact) mass is 420 g/mol. The fraction of sp³-hybridized carbons (Fsp3) is 0.917. The van der Waals surface area contributed by atoms with Gasteiger partial charge in [0.05, 0.1) is 19.8 Å². The van der Waals surface area contributed by atoms with Crippen molar-refractivity contribution in [1.82, 2.24) is 0 Å². The molecule has 0 aliphatic heterocycles. The number of halogens is 1. The van der Waals surface area contributed by atoms with Gasteiger partial charge in [-0.05, 0) is 0 Å². The Morgan fingerprint density at radius 1 is 0.615 bits per heavy atom. The molecule has 0 spiro atoms. The maximum atomic E-state index is 10.5. The van der Waals surface area contributed by atoms with E-state index in [9.17, 15) is 4.79 Å². The molecule has 0 aromatic carbocycles. The molecule has 14 heteroatoms. The van der Waals surface area contributed by atoms with Crippen LogP contribution in [0.1, 0.15) is 0 Å². The summed E-state index contributed by atoms with van der Waals surface area (Å²) < 4.78 is 0. The molecule has 0 fully saturated rings. The van der Waals surface area contributed by atoms with E-state index in [4.69, 9.17) is 56.2 Å². The Labute approximate surface area is 177 Å². The van der Waals surface area contributed by atoms with Gasteiger partial charge in [-0.15, -0.1) is 0 Å². The van der Waals surface area contributed by atoms with Gasteiger partial charge < -0.3 is 68.6 Å². The van der Waals surface area contributed by atoms with Gasteiger partial charge in [0.2, 0.25) is 0 Å². The minimum Gasteiger partial charge on any atom is -1.00 e. The molecule has 154 valence electrons. The molecule has 11 N–H and O–H groups in total. The quantitative estimate of drug-likeness (QED) is 0.148. The average molecular weight is 421 g/mol. The molecular weight excluding hydrogens is 395 g/mol. The Balaban J connectivity index is -0.000000173. The average Bonchev–Trinajstić information content (AvgIpc) is 2.62. The zero-order chi connectivity index (χ0) is 19.4. The van der Waals surface area contributed by atoms with E-state index in [1.807, 2.05) is 0 Å². The fourth-order valence-electron chi connectivity index (χ4n) is 1.27. The maximum Gasteiger partial charge on any atom is 1.00 e. The summed E-state index contributed by atoms with van der Waals surface area (Å²) in [6.45, 7) is -3.14. The van der Waals surface area contributed by atoms with E-state index >= 15 is 0 Å². The van der Waals surface area contributed by atoms with Crippen LogP contribution in [0.25, 0.3) is 0 Å². The normalized spacial score (nSPS) is 18.4. The Morgan fingerprint density at radius 3 is 1.12 bits per heavy atom. The first-order valence-corrected chi connectivity index (χ1v) is 6.81. The standard InChI is InChI=1S/C6H14O6.C6H12O6.ClH.Na/c2*7-1-3(9)5(11)6(12)4(10)2-8;;/h3-12H,1-2H2;3,5-9,11-12H,1-2H2;1H;/q;;;+1/p-1/t3-,4-,5-,6-;3-,5-,6-;;/m11../s1. The van der Waals surface area contributed by atoms with Gasteiger partial charge >= 0.3 is 29.6 Å². The van der Waals surface area contributed by atoms with Gasteiger partial charge in [0.15, 0.2) is 5.78 Å². The van der Waals surface area contributed by atoms with Crippen molar-refractivity contribution >= 4 is 5.78 Å². The third-order valence-corrected chi connectivity index (χ3v) is 2.90. The van der Waals surface area contributed by atoms with E-state index in [2.05, 4.69) is 0 Å². The number of ketones is 1. The predicted octanol–water partition coefficient (Wildman–Crippen LogP) is -13.0. The summed E-state index contributed by atoms with van der Waals surface area (Å²) in [5.41, 5.74) is 0. The van der Waals surface area contributed by atoms with E-state index in [1.165, 1.54) is 0 Å². The SMILES string of the molecule is O=C(CO)[C@@H](O)[C@H](O)[C@H](O)CO.OC[C@@H](O)[C@@H](O)[C@H](O)[C@H](O)CO.[Cl-].[Na+]. The van der Waals surface area contributed by atoms with Crippen LogP contribution in [0.4, 0.5) is 0 Å². The van der Waals surface area contributed by atoms with Gasteiger partial charge in [-0.3, -0.25) is 4.79 Å². The van der Waals surface area contributed by atoms with Crippen molar-refractivity contribution in [3.63, 3.8) is 0 Å². The molecule has 0 aliphatic rings. The molecule has 0 radical (unpaired) electrons. The molecule has 0 saturated carbocycles. The number of carbonyl (C=O) groups excluding carboxylic acids is 1. The number of hydrogen-bond donors (Lipinski definition) is 11. The van der Waals surface area contributed by atoms with E-state index in [1.54, 1.807) is 0 Å². The minimum absolute atomic E-state index is 0. The van der Waals surface area contributed by atoms with Crippen molar-refractivity contribution in [3.8, 4) is 0 Å². The molecule has 0 bridgehead atoms. The van der Waals surface area contributed by atoms with Gasteiger partial charge in [-0.2, -0.15) is 0 Å². The number of rotatable bonds is 10. The van der Waals surface area contributed by atoms with Crippen LogP contribution in [0.2, 0.25) is 0 Å². The van der Waals surface area contributed by atoms with E-state index in [0.717, 1.165) is 0 Å². The molecule has 7 atom stereocenters. The second-order valence-corrected chi connectivity index (χ2v) is 4.79. The van der Waals surface area contributed by atoms with Gasteiger partial charge in [-0.1, -0.05) is 0 Å². The molecule has 0 aromatic heterocycles. The second-order valence-electron chi connectivity index (χ2n) is 4.79. The van der Waals surface area contributed by atoms with Crippen LogP contribution in [-0.2, 0) is 4.79 Å². The van der Waals surface area contributed by atoms with Crippen molar-refractivity contribution in [2.24, 2.45) is 0 Å². The number of Topliss-reactive ketones (excluding diaryl/α,β-unsaturated/α-hetero) is 1. The smallest absolute Gasteiger partial charge is 1.00 e. The van der Waals surface area contributed by atoms with Crippen LogP contribution in [-0.4, -0.2) is 131 Å². The van der Waals surface area contributed by atoms with Gasteiger partial charge in [0.1, 0.15) is 49.3 Å². The summed E-state index contributed by atoms with van der Waals surface area (Å²) in [6.07, 6.45) is -11.6. The zero-order valence-corrected chi connectivity index (χ0v) is 16.8. The van der Waals surface area contributed by atoms with E-state index in [-0.39, 0.29) is 42.0 Å². The van der Waals surface area contributed by atoms with Gasteiger partial charge in [-0.25, -0.2) is 0 Å². The van der Waals surface area contributed by atoms with Crippen LogP contribution in [0, 0.1) is 0 Å². The molecule has 26 heavy (non-hydrogen) atoms. The minimum atomic E-state index is -1.86. The van der Waals surface area contributed by atoms with E-state index in [0.29, 0.717) is 0 Å². The third-order valence-electron chi connectivity index (χ3n) is 2.90. The summed E-state index contributed by atoms with van der Waals surface area (Å²) in [7, 11) is 0. The van der Waals surface area contributed by atoms with Crippen molar-refractivity contribution in [2.45, 2.75) is 42.7 Å². The molecule has 0 amide bonds. The number of carbonyl (C=O) groups is 1. The van der Waals surface area contributed by atoms with E-state index < -0.39 is 74.9 Å². The van der Waals surface area contributed by atoms with Crippen molar-refractivity contribution < 1.29 is 103 Å². The Hall–Kier alpha value is 0.520. The first-order valence-electron chi connectivity index (χ1n) is 6.81. The summed E-state index contributed by atoms with van der Waals surface area (Å²) in [5, 5.41) is 95.2. The first kappa shape index (κ1) is 34.1. The van der Waals surface area contributed by atoms with Crippen molar-refractivity contribution in [1.29, 1.82) is 0 Å². The number of aliphatic hydroxyl groups is 11. The van der Waals surface area contributed by atoms with Crippen LogP contribution in [0.5, 0.6) is 0 Å². The van der Waals surface area contributed by atoms with Crippen LogP contribution >= 0.6 is 0 Å². The predicted molar refractivity (Wildman–Crippen MR) is 75.4 cm³/mol. The summed E-state index contributed by atoms with van der Waals surface area (Å²) in [5.74, 6) is -1.00. The van der Waals surface area contributed by atoms with Crippen LogP contribution in [0.3, 0.4) is 0 Å². The Kier molecular flexibility index (Phi) is 24.7. The summed E-state index contributed by atoms with van der Waals surface area (Å²) in [4.78, 5) is 10.5. The Morgan fingerprint density at radius 2 is 0.885 bits per heavy atom. The molecule has 0 heterocycles. The van der Waals surface area contributed by atoms with Crippen LogP contribution in [0.15, 0.2) is 0 Å². The largest absolute Gasteiger partial charge is 1.00 e. The summed E-state index contributed by atoms with van der Waals surface area (Å²) >= 11 is 0. The molecule has 0 saturated heterocycles. The van der Waals surface area contributed by atoms with Crippen molar-refractivity contribution in [2.75, 3.05) is 26.4 Å². The van der Waals surface area contributed by atoms with Gasteiger partial charge in [0, 0.05) is 0 Å². The summed E-state index contributed by atoms with van der Waals surface area (Å²) in [6, 6.07) is 0. The zero-order valence-electron chi connectivity index (χ0n) is 14.1. The molecule has 0 rings (SSSR count).